The van der Waals surface area contributed by atoms with Crippen LogP contribution in [0.5, 0.6) is 0 Å². The molecule has 406 valence electrons. The zero-order valence-corrected chi connectivity index (χ0v) is 47.8. The Hall–Kier alpha value is -11.9. The lowest BCUT2D eigenvalue weighted by Crippen LogP contribution is -2.16. The summed E-state index contributed by atoms with van der Waals surface area (Å²) >= 11 is 1.77. The largest absolute Gasteiger partial charge is 0.309 e. The Labute approximate surface area is 506 Å². The van der Waals surface area contributed by atoms with Gasteiger partial charge in [-0.1, -0.05) is 200 Å². The summed E-state index contributed by atoms with van der Waals surface area (Å²) in [6.07, 6.45) is 0. The zero-order chi connectivity index (χ0) is 57.9. The molecule has 19 rings (SSSR count). The van der Waals surface area contributed by atoms with Gasteiger partial charge in [0.2, 0.25) is 0 Å². The van der Waals surface area contributed by atoms with Gasteiger partial charge < -0.3 is 22.8 Å². The van der Waals surface area contributed by atoms with Crippen LogP contribution in [0.2, 0.25) is 0 Å². The minimum atomic E-state index is 0.414. The van der Waals surface area contributed by atoms with Crippen molar-refractivity contribution >= 4 is 141 Å². The van der Waals surface area contributed by atoms with Crippen molar-refractivity contribution in [1.29, 1.82) is 10.5 Å². The van der Waals surface area contributed by atoms with Crippen molar-refractivity contribution in [2.45, 2.75) is 0 Å². The predicted molar refractivity (Wildman–Crippen MR) is 366 cm³/mol. The van der Waals surface area contributed by atoms with Crippen molar-refractivity contribution in [1.82, 2.24) is 22.8 Å². The van der Waals surface area contributed by atoms with Crippen LogP contribution in [0.15, 0.2) is 273 Å². The molecule has 19 aromatic rings. The van der Waals surface area contributed by atoms with E-state index in [0.717, 1.165) is 135 Å². The van der Waals surface area contributed by atoms with Crippen LogP contribution in [0.1, 0.15) is 11.1 Å². The van der Waals surface area contributed by atoms with E-state index in [1.807, 2.05) is 0 Å². The second-order valence-electron chi connectivity index (χ2n) is 22.9. The first-order valence-corrected chi connectivity index (χ1v) is 30.4. The molecular weight excluding hydrogens is 1090 g/mol. The van der Waals surface area contributed by atoms with Crippen LogP contribution in [0.4, 0.5) is 0 Å². The average molecular weight is 1140 g/mol. The topological polar surface area (TPSA) is 72.2 Å². The standard InChI is InChI=1S/C80H45N7S/c81-46-62-75(84-67-34-14-4-24-52(67)53-25-5-15-35-68(53)84)76(85-69-36-16-6-26-54(69)55-27-7-17-37-70(55)85)63(47-82)78(77(62)86-71-38-18-8-28-56(71)57-29-9-19-39-72(57)86)87-73-44-41-48(45-61(73)59-42-43-60-58-30-10-20-40-74(58)88-80(60)79(59)87)49-21-1-11-31-64(49)83-65-32-12-2-22-50(65)51-23-3-13-33-66(51)83/h1-45H. The lowest BCUT2D eigenvalue weighted by molar-refractivity contribution is 1.03. The molecule has 0 aliphatic heterocycles. The van der Waals surface area contributed by atoms with Gasteiger partial charge in [0.25, 0.3) is 0 Å². The highest BCUT2D eigenvalue weighted by atomic mass is 32.1. The monoisotopic (exact) mass is 1140 g/mol. The minimum Gasteiger partial charge on any atom is -0.309 e. The van der Waals surface area contributed by atoms with Crippen molar-refractivity contribution in [2.75, 3.05) is 0 Å². The fourth-order valence-electron chi connectivity index (χ4n) is 15.0. The maximum atomic E-state index is 13.1. The van der Waals surface area contributed by atoms with Crippen LogP contribution < -0.4 is 0 Å². The SMILES string of the molecule is N#Cc1c(-n2c3ccccc3c3ccccc32)c(-n2c3ccccc3c3ccccc32)c(C#N)c(-n2c3ccc(-c4ccccc4-n4c5ccccc5c5ccccc54)cc3c3ccc4c5ccccc5sc4c32)c1-n1c2ccccc2c2ccccc21. The molecule has 0 aliphatic rings. The average Bonchev–Trinajstić information content (AvgIpc) is 1.54. The van der Waals surface area contributed by atoms with E-state index >= 15 is 0 Å². The Morgan fingerprint density at radius 3 is 1.01 bits per heavy atom. The number of rotatable bonds is 6. The van der Waals surface area contributed by atoms with E-state index in [1.54, 1.807) is 11.3 Å². The van der Waals surface area contributed by atoms with Crippen LogP contribution in [0.3, 0.4) is 0 Å². The van der Waals surface area contributed by atoms with E-state index in [1.165, 1.54) is 10.8 Å². The molecule has 0 amide bonds. The van der Waals surface area contributed by atoms with Gasteiger partial charge in [-0.15, -0.1) is 11.3 Å². The van der Waals surface area contributed by atoms with Crippen molar-refractivity contribution in [3.8, 4) is 51.7 Å². The second-order valence-corrected chi connectivity index (χ2v) is 23.9. The molecule has 0 fully saturated rings. The van der Waals surface area contributed by atoms with E-state index < -0.39 is 0 Å². The van der Waals surface area contributed by atoms with Gasteiger partial charge in [0.15, 0.2) is 0 Å². The van der Waals surface area contributed by atoms with E-state index in [0.29, 0.717) is 33.9 Å². The van der Waals surface area contributed by atoms with Gasteiger partial charge in [-0.2, -0.15) is 10.5 Å². The third-order valence-corrected chi connectivity index (χ3v) is 19.8. The van der Waals surface area contributed by atoms with Crippen molar-refractivity contribution < 1.29 is 0 Å². The van der Waals surface area contributed by atoms with Gasteiger partial charge in [0.1, 0.15) is 23.3 Å². The van der Waals surface area contributed by atoms with E-state index in [4.69, 9.17) is 0 Å². The van der Waals surface area contributed by atoms with Crippen molar-refractivity contribution in [3.63, 3.8) is 0 Å². The number of aromatic nitrogens is 5. The maximum Gasteiger partial charge on any atom is 0.104 e. The highest BCUT2D eigenvalue weighted by molar-refractivity contribution is 7.26. The second kappa shape index (κ2) is 18.3. The van der Waals surface area contributed by atoms with Gasteiger partial charge in [0.05, 0.1) is 88.3 Å². The molecule has 0 saturated carbocycles. The Morgan fingerprint density at radius 2 is 0.591 bits per heavy atom. The number of fused-ring (bicyclic) bond motifs is 19. The minimum absolute atomic E-state index is 0.414. The summed E-state index contributed by atoms with van der Waals surface area (Å²) in [4.78, 5) is 0. The van der Waals surface area contributed by atoms with Crippen LogP contribution in [-0.4, -0.2) is 22.8 Å². The van der Waals surface area contributed by atoms with Crippen LogP contribution >= 0.6 is 11.3 Å². The Kier molecular flexibility index (Phi) is 10.1. The van der Waals surface area contributed by atoms with Gasteiger partial charge in [0, 0.05) is 74.9 Å². The number of hydrogen-bond donors (Lipinski definition) is 0. The summed E-state index contributed by atoms with van der Waals surface area (Å²) in [5.74, 6) is 0. The zero-order valence-electron chi connectivity index (χ0n) is 47.0. The smallest absolute Gasteiger partial charge is 0.104 e. The van der Waals surface area contributed by atoms with Crippen LogP contribution in [0.25, 0.3) is 169 Å². The number of nitriles is 2. The molecule has 6 aromatic heterocycles. The molecule has 0 bridgehead atoms. The summed E-state index contributed by atoms with van der Waals surface area (Å²) in [7, 11) is 0. The summed E-state index contributed by atoms with van der Waals surface area (Å²) in [6, 6.07) is 103. The Balaban J connectivity index is 1.05. The Bertz CT molecular complexity index is 6140. The highest BCUT2D eigenvalue weighted by Gasteiger charge is 2.35. The summed E-state index contributed by atoms with van der Waals surface area (Å²) in [5, 5.41) is 39.0. The fourth-order valence-corrected chi connectivity index (χ4v) is 16.3. The van der Waals surface area contributed by atoms with Gasteiger partial charge in [-0.25, -0.2) is 0 Å². The summed E-state index contributed by atoms with van der Waals surface area (Å²) < 4.78 is 13.8. The van der Waals surface area contributed by atoms with Crippen molar-refractivity contribution in [3.05, 3.63) is 284 Å². The number of para-hydroxylation sites is 9. The lowest BCUT2D eigenvalue weighted by Gasteiger charge is -2.27. The molecule has 0 radical (unpaired) electrons. The third-order valence-electron chi connectivity index (χ3n) is 18.6. The van der Waals surface area contributed by atoms with Crippen LogP contribution in [0, 0.1) is 22.7 Å². The molecule has 0 saturated heterocycles. The molecule has 0 spiro atoms. The first-order chi connectivity index (χ1) is 43.7. The maximum absolute atomic E-state index is 13.1. The molecule has 88 heavy (non-hydrogen) atoms. The number of nitrogens with zero attached hydrogens (tertiary/aromatic N) is 7. The quantitative estimate of drug-likeness (QED) is 0.166. The molecule has 6 heterocycles. The van der Waals surface area contributed by atoms with Crippen molar-refractivity contribution in [2.24, 2.45) is 0 Å². The van der Waals surface area contributed by atoms with E-state index in [-0.39, 0.29) is 0 Å². The molecular formula is C80H45N7S. The number of hydrogen-bond acceptors (Lipinski definition) is 3. The number of benzene rings is 13. The van der Waals surface area contributed by atoms with E-state index in [2.05, 4.69) is 308 Å². The van der Waals surface area contributed by atoms with Gasteiger partial charge in [-0.05, 0) is 78.4 Å². The van der Waals surface area contributed by atoms with Gasteiger partial charge >= 0.3 is 0 Å². The third kappa shape index (κ3) is 6.42. The molecule has 7 nitrogen and oxygen atoms in total. The fraction of sp³-hybridized carbons (Fsp3) is 0. The molecule has 0 N–H and O–H groups in total. The number of thiophene rings is 1. The summed E-state index contributed by atoms with van der Waals surface area (Å²) in [6.45, 7) is 0. The van der Waals surface area contributed by atoms with E-state index in [9.17, 15) is 10.5 Å². The molecule has 0 unspecified atom stereocenters. The first kappa shape index (κ1) is 48.4. The molecule has 13 aromatic carbocycles. The predicted octanol–water partition coefficient (Wildman–Crippen LogP) is 21.0. The first-order valence-electron chi connectivity index (χ1n) is 29.6. The lowest BCUT2D eigenvalue weighted by atomic mass is 9.98. The molecule has 0 atom stereocenters. The molecule has 8 heteroatoms. The van der Waals surface area contributed by atoms with Crippen LogP contribution in [-0.2, 0) is 0 Å². The Morgan fingerprint density at radius 1 is 0.261 bits per heavy atom. The molecule has 0 aliphatic carbocycles. The highest BCUT2D eigenvalue weighted by Crippen LogP contribution is 2.51. The van der Waals surface area contributed by atoms with Gasteiger partial charge in [-0.3, -0.25) is 0 Å². The normalized spacial score (nSPS) is 12.1. The summed E-state index contributed by atoms with van der Waals surface area (Å²) in [5.41, 5.74) is 16.1.